The lowest BCUT2D eigenvalue weighted by atomic mass is 10.2. The van der Waals surface area contributed by atoms with Crippen molar-refractivity contribution in [1.29, 1.82) is 0 Å². The van der Waals surface area contributed by atoms with Crippen LogP contribution in [0.2, 0.25) is 5.02 Å². The summed E-state index contributed by atoms with van der Waals surface area (Å²) < 4.78 is 13.1. The molecule has 1 aliphatic rings. The van der Waals surface area contributed by atoms with Crippen LogP contribution < -0.4 is 15.1 Å². The topological polar surface area (TPSA) is 38.0 Å². The molecule has 1 amide bonds. The van der Waals surface area contributed by atoms with E-state index in [-0.39, 0.29) is 17.0 Å². The van der Waals surface area contributed by atoms with E-state index in [0.29, 0.717) is 5.69 Å². The number of nitrogens with one attached hydrogen (secondary N) is 3. The quantitative estimate of drug-likeness (QED) is 0.668. The Morgan fingerprint density at radius 1 is 1.18 bits per heavy atom. The molecular weight excluding hydrogens is 377 g/mol. The van der Waals surface area contributed by atoms with Crippen LogP contribution in [0.25, 0.3) is 6.08 Å². The largest absolute Gasteiger partial charge is 0.322 e. The summed E-state index contributed by atoms with van der Waals surface area (Å²) in [4.78, 5) is 15.4. The lowest BCUT2D eigenvalue weighted by molar-refractivity contribution is -1.02. The van der Waals surface area contributed by atoms with Gasteiger partial charge in [-0.2, -0.15) is 0 Å². The van der Waals surface area contributed by atoms with Gasteiger partial charge in [0.1, 0.15) is 32.0 Å². The number of rotatable bonds is 6. The summed E-state index contributed by atoms with van der Waals surface area (Å²) >= 11 is 6.00. The number of benzene rings is 2. The van der Waals surface area contributed by atoms with E-state index in [1.165, 1.54) is 33.6 Å². The number of anilines is 1. The van der Waals surface area contributed by atoms with Crippen molar-refractivity contribution in [2.75, 3.05) is 38.0 Å². The van der Waals surface area contributed by atoms with Crippen molar-refractivity contribution in [2.24, 2.45) is 0 Å². The average molecular weight is 404 g/mol. The molecule has 0 bridgehead atoms. The molecule has 0 radical (unpaired) electrons. The summed E-state index contributed by atoms with van der Waals surface area (Å²) in [5.74, 6) is -0.502. The van der Waals surface area contributed by atoms with Gasteiger partial charge in [0.25, 0.3) is 5.91 Å². The van der Waals surface area contributed by atoms with Crippen LogP contribution in [0.4, 0.5) is 10.1 Å². The number of quaternary nitrogens is 2. The van der Waals surface area contributed by atoms with Crippen LogP contribution >= 0.6 is 11.6 Å². The lowest BCUT2D eigenvalue weighted by Crippen LogP contribution is -3.29. The minimum absolute atomic E-state index is 0.0871. The van der Waals surface area contributed by atoms with E-state index in [0.717, 1.165) is 32.7 Å². The number of carbonyl (C=O) groups excluding carboxylic acids is 1. The molecule has 0 aliphatic carbocycles. The van der Waals surface area contributed by atoms with Crippen molar-refractivity contribution in [2.45, 2.75) is 13.0 Å². The Morgan fingerprint density at radius 3 is 2.57 bits per heavy atom. The molecule has 3 rings (SSSR count). The molecule has 2 aromatic rings. The Morgan fingerprint density at radius 2 is 1.89 bits per heavy atom. The molecule has 1 saturated heterocycles. The average Bonchev–Trinajstić information content (AvgIpc) is 2.71. The van der Waals surface area contributed by atoms with Crippen molar-refractivity contribution in [3.8, 4) is 0 Å². The van der Waals surface area contributed by atoms with Gasteiger partial charge in [0, 0.05) is 0 Å². The summed E-state index contributed by atoms with van der Waals surface area (Å²) in [6, 6.07) is 14.1. The highest BCUT2D eigenvalue weighted by Gasteiger charge is 2.30. The lowest BCUT2D eigenvalue weighted by Gasteiger charge is -2.32. The zero-order valence-electron chi connectivity index (χ0n) is 16.1. The van der Waals surface area contributed by atoms with E-state index >= 15 is 0 Å². The third kappa shape index (κ3) is 5.64. The van der Waals surface area contributed by atoms with Gasteiger partial charge in [-0.05, 0) is 36.8 Å². The second kappa shape index (κ2) is 9.82. The molecule has 1 heterocycles. The first-order valence-electron chi connectivity index (χ1n) is 9.68. The fourth-order valence-electron chi connectivity index (χ4n) is 3.50. The molecule has 1 fully saturated rings. The van der Waals surface area contributed by atoms with Gasteiger partial charge in [0.2, 0.25) is 0 Å². The van der Waals surface area contributed by atoms with Crippen molar-refractivity contribution < 1.29 is 19.0 Å². The molecule has 148 valence electrons. The minimum atomic E-state index is -0.415. The maximum atomic E-state index is 13.1. The van der Waals surface area contributed by atoms with Crippen LogP contribution in [0.15, 0.2) is 54.6 Å². The predicted molar refractivity (Wildman–Crippen MR) is 111 cm³/mol. The molecule has 4 nitrogen and oxygen atoms in total. The highest BCUT2D eigenvalue weighted by atomic mass is 35.5. The monoisotopic (exact) mass is 403 g/mol. The molecule has 1 atom stereocenters. The normalized spacial score (nSPS) is 20.8. The Balaban J connectivity index is 1.46. The van der Waals surface area contributed by atoms with Crippen LogP contribution in [0.3, 0.4) is 0 Å². The maximum Gasteiger partial charge on any atom is 0.282 e. The first-order valence-corrected chi connectivity index (χ1v) is 10.1. The van der Waals surface area contributed by atoms with Gasteiger partial charge in [0.15, 0.2) is 6.04 Å². The molecule has 0 aromatic heterocycles. The number of carbonyl (C=O) groups is 1. The Kier molecular flexibility index (Phi) is 7.20. The van der Waals surface area contributed by atoms with Crippen LogP contribution in [0.5, 0.6) is 0 Å². The van der Waals surface area contributed by atoms with Crippen molar-refractivity contribution in [3.05, 3.63) is 71.0 Å². The van der Waals surface area contributed by atoms with Gasteiger partial charge < -0.3 is 15.1 Å². The standard InChI is InChI=1S/C22H25ClFN3O/c1-17(22(28)25-21-10-9-19(24)16-20(21)23)27-14-12-26(13-15-27)11-5-8-18-6-3-2-4-7-18/h2-10,16-17H,11-15H2,1H3,(H,25,28)/p+2/b8-5+/t17-/m1/s1. The van der Waals surface area contributed by atoms with Gasteiger partial charge in [-0.1, -0.05) is 48.0 Å². The van der Waals surface area contributed by atoms with Crippen molar-refractivity contribution in [3.63, 3.8) is 0 Å². The first-order chi connectivity index (χ1) is 13.5. The zero-order valence-corrected chi connectivity index (χ0v) is 16.8. The SMILES string of the molecule is C[C@H](C(=O)Nc1ccc(F)cc1Cl)[NH+]1CC[NH+](C/C=C/c2ccccc2)CC1. The molecule has 0 saturated carbocycles. The highest BCUT2D eigenvalue weighted by molar-refractivity contribution is 6.33. The van der Waals surface area contributed by atoms with Gasteiger partial charge in [-0.3, -0.25) is 4.79 Å². The van der Waals surface area contributed by atoms with Gasteiger partial charge in [-0.25, -0.2) is 4.39 Å². The molecule has 0 spiro atoms. The number of hydrogen-bond acceptors (Lipinski definition) is 1. The molecule has 6 heteroatoms. The van der Waals surface area contributed by atoms with E-state index in [1.54, 1.807) is 0 Å². The van der Waals surface area contributed by atoms with Crippen LogP contribution in [0.1, 0.15) is 12.5 Å². The molecular formula is C22H27ClFN3O+2. The minimum Gasteiger partial charge on any atom is -0.322 e. The number of halogens is 2. The molecule has 3 N–H and O–H groups in total. The summed E-state index contributed by atoms with van der Waals surface area (Å²) in [7, 11) is 0. The summed E-state index contributed by atoms with van der Waals surface area (Å²) in [6.07, 6.45) is 4.39. The van der Waals surface area contributed by atoms with Crippen molar-refractivity contribution in [1.82, 2.24) is 0 Å². The van der Waals surface area contributed by atoms with E-state index < -0.39 is 5.82 Å². The number of piperazine rings is 1. The number of hydrogen-bond donors (Lipinski definition) is 3. The Labute approximate surface area is 170 Å². The molecule has 1 aliphatic heterocycles. The van der Waals surface area contributed by atoms with E-state index in [4.69, 9.17) is 11.6 Å². The second-order valence-electron chi connectivity index (χ2n) is 7.26. The highest BCUT2D eigenvalue weighted by Crippen LogP contribution is 2.22. The van der Waals surface area contributed by atoms with Gasteiger partial charge in [-0.15, -0.1) is 0 Å². The Hall–Kier alpha value is -2.21. The summed E-state index contributed by atoms with van der Waals surface area (Å²) in [5, 5.41) is 3.04. The van der Waals surface area contributed by atoms with Crippen LogP contribution in [-0.2, 0) is 4.79 Å². The fraction of sp³-hybridized carbons (Fsp3) is 0.318. The Bertz CT molecular complexity index is 820. The number of amides is 1. The maximum absolute atomic E-state index is 13.1. The summed E-state index contributed by atoms with van der Waals surface area (Å²) in [6.45, 7) is 6.88. The first kappa shape index (κ1) is 20.5. The fourth-order valence-corrected chi connectivity index (χ4v) is 3.72. The van der Waals surface area contributed by atoms with Crippen molar-refractivity contribution >= 4 is 29.3 Å². The third-order valence-corrected chi connectivity index (χ3v) is 5.62. The van der Waals surface area contributed by atoms with E-state index in [9.17, 15) is 9.18 Å². The van der Waals surface area contributed by atoms with E-state index in [1.807, 2.05) is 25.1 Å². The molecule has 2 aromatic carbocycles. The van der Waals surface area contributed by atoms with Crippen LogP contribution in [0, 0.1) is 5.82 Å². The second-order valence-corrected chi connectivity index (χ2v) is 7.67. The smallest absolute Gasteiger partial charge is 0.282 e. The third-order valence-electron chi connectivity index (χ3n) is 5.31. The summed E-state index contributed by atoms with van der Waals surface area (Å²) in [5.41, 5.74) is 1.67. The molecule has 28 heavy (non-hydrogen) atoms. The van der Waals surface area contributed by atoms with Crippen LogP contribution in [-0.4, -0.2) is 44.7 Å². The van der Waals surface area contributed by atoms with E-state index in [2.05, 4.69) is 29.6 Å². The predicted octanol–water partition coefficient (Wildman–Crippen LogP) is 1.30. The molecule has 0 unspecified atom stereocenters. The van der Waals surface area contributed by atoms with Gasteiger partial charge >= 0.3 is 0 Å². The van der Waals surface area contributed by atoms with Gasteiger partial charge in [0.05, 0.1) is 17.3 Å². The zero-order chi connectivity index (χ0) is 19.9.